The van der Waals surface area contributed by atoms with Gasteiger partial charge in [0.05, 0.1) is 0 Å². The Morgan fingerprint density at radius 2 is 2.12 bits per heavy atom. The van der Waals surface area contributed by atoms with Crippen molar-refractivity contribution in [3.8, 4) is 0 Å². The number of carbonyl (C=O) groups excluding carboxylic acids is 1. The molecule has 5 heteroatoms. The number of amides is 1. The number of carbonyl (C=O) groups is 1. The maximum Gasteiger partial charge on any atom is 0.225 e. The van der Waals surface area contributed by atoms with Crippen LogP contribution in [0, 0.1) is 11.8 Å². The number of nitrogens with zero attached hydrogens (tertiary/aromatic N) is 2. The van der Waals surface area contributed by atoms with E-state index in [2.05, 4.69) is 5.16 Å². The molecule has 1 fully saturated rings. The van der Waals surface area contributed by atoms with Gasteiger partial charge in [-0.25, -0.2) is 0 Å². The second-order valence-corrected chi connectivity index (χ2v) is 4.63. The van der Waals surface area contributed by atoms with Gasteiger partial charge in [0, 0.05) is 25.4 Å². The Labute approximate surface area is 96.3 Å². The van der Waals surface area contributed by atoms with Crippen LogP contribution in [0.4, 0.5) is 0 Å². The van der Waals surface area contributed by atoms with Gasteiger partial charge in [0.1, 0.15) is 5.84 Å². The highest BCUT2D eigenvalue weighted by Gasteiger charge is 2.26. The van der Waals surface area contributed by atoms with Crippen molar-refractivity contribution in [1.29, 1.82) is 0 Å². The van der Waals surface area contributed by atoms with Crippen molar-refractivity contribution >= 4 is 11.7 Å². The van der Waals surface area contributed by atoms with Crippen molar-refractivity contribution in [2.45, 2.75) is 32.6 Å². The molecule has 0 aromatic heterocycles. The van der Waals surface area contributed by atoms with Crippen LogP contribution in [0.15, 0.2) is 5.16 Å². The van der Waals surface area contributed by atoms with Crippen LogP contribution in [0.5, 0.6) is 0 Å². The van der Waals surface area contributed by atoms with E-state index in [1.807, 2.05) is 6.92 Å². The normalized spacial score (nSPS) is 19.8. The van der Waals surface area contributed by atoms with Gasteiger partial charge < -0.3 is 15.8 Å². The van der Waals surface area contributed by atoms with E-state index in [9.17, 15) is 4.79 Å². The minimum absolute atomic E-state index is 0.111. The molecule has 92 valence electrons. The molecule has 1 amide bonds. The highest BCUT2D eigenvalue weighted by Crippen LogP contribution is 2.26. The predicted octanol–water partition coefficient (Wildman–Crippen LogP) is 1.02. The summed E-state index contributed by atoms with van der Waals surface area (Å²) in [5.74, 6) is 0.436. The van der Waals surface area contributed by atoms with Crippen LogP contribution in [0.2, 0.25) is 0 Å². The molecule has 1 saturated carbocycles. The molecule has 0 bridgehead atoms. The van der Waals surface area contributed by atoms with Gasteiger partial charge in [0.25, 0.3) is 0 Å². The number of hydrogen-bond acceptors (Lipinski definition) is 3. The highest BCUT2D eigenvalue weighted by molar-refractivity contribution is 5.83. The maximum atomic E-state index is 12.0. The van der Waals surface area contributed by atoms with Gasteiger partial charge in [-0.05, 0) is 12.8 Å². The summed E-state index contributed by atoms with van der Waals surface area (Å²) in [6.07, 6.45) is 4.31. The summed E-state index contributed by atoms with van der Waals surface area (Å²) in [5, 5.41) is 11.5. The van der Waals surface area contributed by atoms with Crippen LogP contribution >= 0.6 is 0 Å². The van der Waals surface area contributed by atoms with Gasteiger partial charge in [-0.1, -0.05) is 24.9 Å². The maximum absolute atomic E-state index is 12.0. The number of nitrogens with two attached hydrogens (primary N) is 1. The minimum atomic E-state index is -0.111. The lowest BCUT2D eigenvalue weighted by Gasteiger charge is -2.23. The van der Waals surface area contributed by atoms with Crippen molar-refractivity contribution in [1.82, 2.24) is 4.90 Å². The first kappa shape index (κ1) is 12.8. The summed E-state index contributed by atoms with van der Waals surface area (Å²) in [6, 6.07) is 0. The van der Waals surface area contributed by atoms with E-state index in [-0.39, 0.29) is 23.6 Å². The van der Waals surface area contributed by atoms with Gasteiger partial charge in [-0.15, -0.1) is 0 Å². The first-order valence-corrected chi connectivity index (χ1v) is 5.78. The smallest absolute Gasteiger partial charge is 0.225 e. The Morgan fingerprint density at radius 3 is 2.62 bits per heavy atom. The first-order valence-electron chi connectivity index (χ1n) is 5.78. The van der Waals surface area contributed by atoms with Gasteiger partial charge in [-0.3, -0.25) is 4.79 Å². The Kier molecular flexibility index (Phi) is 4.58. The van der Waals surface area contributed by atoms with Crippen molar-refractivity contribution in [2.24, 2.45) is 22.7 Å². The summed E-state index contributed by atoms with van der Waals surface area (Å²) < 4.78 is 0. The molecular weight excluding hydrogens is 206 g/mol. The van der Waals surface area contributed by atoms with Crippen molar-refractivity contribution < 1.29 is 10.0 Å². The molecule has 1 unspecified atom stereocenters. The SMILES string of the molecule is CC(CN(C)C(=O)C1CCCC1)C(N)=NO. The molecule has 0 radical (unpaired) electrons. The Balaban J connectivity index is 2.44. The fraction of sp³-hybridized carbons (Fsp3) is 0.818. The van der Waals surface area contributed by atoms with E-state index in [1.165, 1.54) is 0 Å². The monoisotopic (exact) mass is 227 g/mol. The molecule has 0 aromatic rings. The summed E-state index contributed by atoms with van der Waals surface area (Å²) in [6.45, 7) is 2.35. The zero-order valence-corrected chi connectivity index (χ0v) is 10.0. The molecule has 0 spiro atoms. The molecule has 1 aliphatic rings. The second kappa shape index (κ2) is 5.72. The van der Waals surface area contributed by atoms with Gasteiger partial charge in [0.2, 0.25) is 5.91 Å². The lowest BCUT2D eigenvalue weighted by molar-refractivity contribution is -0.134. The van der Waals surface area contributed by atoms with E-state index < -0.39 is 0 Å². The zero-order chi connectivity index (χ0) is 12.1. The minimum Gasteiger partial charge on any atom is -0.409 e. The Morgan fingerprint density at radius 1 is 1.56 bits per heavy atom. The van der Waals surface area contributed by atoms with E-state index in [1.54, 1.807) is 11.9 Å². The van der Waals surface area contributed by atoms with Gasteiger partial charge in [-0.2, -0.15) is 0 Å². The average Bonchev–Trinajstić information content (AvgIpc) is 2.79. The number of amidine groups is 1. The molecule has 16 heavy (non-hydrogen) atoms. The average molecular weight is 227 g/mol. The van der Waals surface area contributed by atoms with Crippen LogP contribution in [-0.2, 0) is 4.79 Å². The van der Waals surface area contributed by atoms with Crippen molar-refractivity contribution in [3.63, 3.8) is 0 Å². The molecule has 0 heterocycles. The summed E-state index contributed by atoms with van der Waals surface area (Å²) in [7, 11) is 1.78. The summed E-state index contributed by atoms with van der Waals surface area (Å²) >= 11 is 0. The quantitative estimate of drug-likeness (QED) is 0.326. The Hall–Kier alpha value is -1.26. The third kappa shape index (κ3) is 3.12. The molecule has 1 atom stereocenters. The topological polar surface area (TPSA) is 78.9 Å². The molecule has 0 aromatic carbocycles. The standard InChI is InChI=1S/C11H21N3O2/c1-8(10(12)13-16)7-14(2)11(15)9-5-3-4-6-9/h8-9,16H,3-7H2,1-2H3,(H2,12,13). The Bertz CT molecular complexity index is 272. The van der Waals surface area contributed by atoms with Gasteiger partial charge >= 0.3 is 0 Å². The molecule has 3 N–H and O–H groups in total. The number of rotatable bonds is 4. The van der Waals surface area contributed by atoms with E-state index >= 15 is 0 Å². The second-order valence-electron chi connectivity index (χ2n) is 4.63. The van der Waals surface area contributed by atoms with E-state index in [0.29, 0.717) is 6.54 Å². The summed E-state index contributed by atoms with van der Waals surface area (Å²) in [4.78, 5) is 13.7. The van der Waals surface area contributed by atoms with Crippen LogP contribution in [0.3, 0.4) is 0 Å². The van der Waals surface area contributed by atoms with E-state index in [0.717, 1.165) is 25.7 Å². The number of hydrogen-bond donors (Lipinski definition) is 2. The molecule has 1 rings (SSSR count). The third-order valence-electron chi connectivity index (χ3n) is 3.25. The molecule has 1 aliphatic carbocycles. The van der Waals surface area contributed by atoms with Crippen LogP contribution < -0.4 is 5.73 Å². The van der Waals surface area contributed by atoms with Crippen LogP contribution in [0.25, 0.3) is 0 Å². The summed E-state index contributed by atoms with van der Waals surface area (Å²) in [5.41, 5.74) is 5.48. The molecule has 0 aliphatic heterocycles. The number of oxime groups is 1. The zero-order valence-electron chi connectivity index (χ0n) is 10.0. The lowest BCUT2D eigenvalue weighted by Crippen LogP contribution is -2.38. The van der Waals surface area contributed by atoms with Crippen molar-refractivity contribution in [3.05, 3.63) is 0 Å². The molecule has 0 saturated heterocycles. The first-order chi connectivity index (χ1) is 7.56. The molecular formula is C11H21N3O2. The fourth-order valence-corrected chi connectivity index (χ4v) is 2.18. The predicted molar refractivity (Wildman–Crippen MR) is 62.2 cm³/mol. The van der Waals surface area contributed by atoms with Crippen LogP contribution in [-0.4, -0.2) is 35.4 Å². The molecule has 5 nitrogen and oxygen atoms in total. The van der Waals surface area contributed by atoms with E-state index in [4.69, 9.17) is 10.9 Å². The fourth-order valence-electron chi connectivity index (χ4n) is 2.18. The lowest BCUT2D eigenvalue weighted by atomic mass is 10.1. The van der Waals surface area contributed by atoms with Crippen molar-refractivity contribution in [2.75, 3.05) is 13.6 Å². The highest BCUT2D eigenvalue weighted by atomic mass is 16.4. The van der Waals surface area contributed by atoms with Crippen LogP contribution in [0.1, 0.15) is 32.6 Å². The van der Waals surface area contributed by atoms with Gasteiger partial charge in [0.15, 0.2) is 0 Å². The third-order valence-corrected chi connectivity index (χ3v) is 3.25. The largest absolute Gasteiger partial charge is 0.409 e.